The summed E-state index contributed by atoms with van der Waals surface area (Å²) in [6, 6.07) is 9.14. The molecular weight excluding hydrogens is 240 g/mol. The molecule has 1 unspecified atom stereocenters. The predicted molar refractivity (Wildman–Crippen MR) is 72.6 cm³/mol. The highest BCUT2D eigenvalue weighted by Crippen LogP contribution is 2.30. The first-order valence-corrected chi connectivity index (χ1v) is 6.93. The van der Waals surface area contributed by atoms with E-state index in [1.54, 1.807) is 0 Å². The van der Waals surface area contributed by atoms with Crippen molar-refractivity contribution >= 4 is 5.97 Å². The van der Waals surface area contributed by atoms with Gasteiger partial charge in [0.25, 0.3) is 0 Å². The van der Waals surface area contributed by atoms with Gasteiger partial charge >= 0.3 is 5.97 Å². The average Bonchev–Trinajstić information content (AvgIpc) is 2.75. The van der Waals surface area contributed by atoms with Gasteiger partial charge in [-0.2, -0.15) is 0 Å². The van der Waals surface area contributed by atoms with Crippen LogP contribution in [0.3, 0.4) is 0 Å². The van der Waals surface area contributed by atoms with Gasteiger partial charge in [0.05, 0.1) is 0 Å². The molecule has 1 N–H and O–H groups in total. The first kappa shape index (κ1) is 12.6. The lowest BCUT2D eigenvalue weighted by Gasteiger charge is -2.38. The summed E-state index contributed by atoms with van der Waals surface area (Å²) in [6.45, 7) is 4.04. The summed E-state index contributed by atoms with van der Waals surface area (Å²) in [7, 11) is 0. The molecule has 1 heterocycles. The monoisotopic (exact) mass is 260 g/mol. The highest BCUT2D eigenvalue weighted by atomic mass is 16.5. The van der Waals surface area contributed by atoms with Crippen LogP contribution in [0.25, 0.3) is 0 Å². The number of likely N-dealkylation sites (tertiary alicyclic amines) is 1. The van der Waals surface area contributed by atoms with E-state index in [0.29, 0.717) is 6.04 Å². The number of carbonyl (C=O) groups is 1. The molecule has 1 atom stereocenters. The van der Waals surface area contributed by atoms with Crippen molar-refractivity contribution in [3.05, 3.63) is 35.4 Å². The topological polar surface area (TPSA) is 41.6 Å². The second-order valence-electron chi connectivity index (χ2n) is 5.42. The third-order valence-electron chi connectivity index (χ3n) is 3.95. The third kappa shape index (κ3) is 2.80. The molecule has 102 valence electrons. The number of benzene rings is 1. The number of rotatable bonds is 4. The van der Waals surface area contributed by atoms with Crippen molar-refractivity contribution in [1.82, 2.24) is 10.2 Å². The molecule has 0 aromatic heterocycles. The molecule has 2 aliphatic rings. The zero-order chi connectivity index (χ0) is 13.2. The molecule has 1 saturated heterocycles. The highest BCUT2D eigenvalue weighted by Gasteiger charge is 2.30. The average molecular weight is 260 g/mol. The standard InChI is InChI=1S/C15H20N2O2/c1-11(18)19-13-8-17(9-13)10-16-15-7-6-12-4-2-3-5-14(12)15/h2-5,13,15-16H,6-10H2,1H3. The van der Waals surface area contributed by atoms with Crippen molar-refractivity contribution < 1.29 is 9.53 Å². The maximum atomic E-state index is 10.8. The second kappa shape index (κ2) is 5.31. The molecule has 3 rings (SSSR count). The molecule has 0 amide bonds. The molecule has 1 aliphatic heterocycles. The molecule has 4 nitrogen and oxygen atoms in total. The fraction of sp³-hybridized carbons (Fsp3) is 0.533. The number of nitrogens with one attached hydrogen (secondary N) is 1. The van der Waals surface area contributed by atoms with Crippen LogP contribution in [-0.4, -0.2) is 36.7 Å². The molecule has 1 aromatic rings. The largest absolute Gasteiger partial charge is 0.460 e. The number of nitrogens with zero attached hydrogens (tertiary/aromatic N) is 1. The fourth-order valence-corrected chi connectivity index (χ4v) is 2.97. The Bertz CT molecular complexity index is 469. The lowest BCUT2D eigenvalue weighted by Crippen LogP contribution is -2.55. The number of fused-ring (bicyclic) bond motifs is 1. The number of ether oxygens (including phenoxy) is 1. The van der Waals surface area contributed by atoms with E-state index in [-0.39, 0.29) is 12.1 Å². The van der Waals surface area contributed by atoms with Gasteiger partial charge in [-0.25, -0.2) is 0 Å². The van der Waals surface area contributed by atoms with E-state index in [0.717, 1.165) is 19.8 Å². The number of carbonyl (C=O) groups excluding carboxylic acids is 1. The van der Waals surface area contributed by atoms with Crippen LogP contribution in [0.15, 0.2) is 24.3 Å². The smallest absolute Gasteiger partial charge is 0.302 e. The van der Waals surface area contributed by atoms with Crippen LogP contribution in [0.2, 0.25) is 0 Å². The minimum absolute atomic E-state index is 0.0927. The molecule has 0 saturated carbocycles. The fourth-order valence-electron chi connectivity index (χ4n) is 2.97. The lowest BCUT2D eigenvalue weighted by molar-refractivity contribution is -0.154. The van der Waals surface area contributed by atoms with Crippen molar-refractivity contribution in [3.8, 4) is 0 Å². The predicted octanol–water partition coefficient (Wildman–Crippen LogP) is 1.47. The molecule has 0 spiro atoms. The molecule has 1 aromatic carbocycles. The number of aryl methyl sites for hydroxylation is 1. The highest BCUT2D eigenvalue weighted by molar-refractivity contribution is 5.66. The first-order valence-electron chi connectivity index (χ1n) is 6.93. The molecule has 4 heteroatoms. The molecule has 1 fully saturated rings. The summed E-state index contributed by atoms with van der Waals surface area (Å²) >= 11 is 0. The van der Waals surface area contributed by atoms with Gasteiger partial charge in [-0.1, -0.05) is 24.3 Å². The van der Waals surface area contributed by atoms with E-state index >= 15 is 0 Å². The molecule has 0 bridgehead atoms. The Morgan fingerprint density at radius 2 is 2.21 bits per heavy atom. The van der Waals surface area contributed by atoms with Gasteiger partial charge in [-0.05, 0) is 24.0 Å². The van der Waals surface area contributed by atoms with Gasteiger partial charge in [-0.3, -0.25) is 15.0 Å². The minimum Gasteiger partial charge on any atom is -0.460 e. The maximum absolute atomic E-state index is 10.8. The SMILES string of the molecule is CC(=O)OC1CN(CNC2CCc3ccccc32)C1. The lowest BCUT2D eigenvalue weighted by atomic mass is 10.1. The summed E-state index contributed by atoms with van der Waals surface area (Å²) < 4.78 is 5.14. The summed E-state index contributed by atoms with van der Waals surface area (Å²) in [5.41, 5.74) is 2.92. The van der Waals surface area contributed by atoms with Crippen molar-refractivity contribution in [1.29, 1.82) is 0 Å². The third-order valence-corrected chi connectivity index (χ3v) is 3.95. The minimum atomic E-state index is -0.178. The van der Waals surface area contributed by atoms with Crippen molar-refractivity contribution in [3.63, 3.8) is 0 Å². The summed E-state index contributed by atoms with van der Waals surface area (Å²) in [6.07, 6.45) is 2.44. The van der Waals surface area contributed by atoms with Gasteiger partial charge < -0.3 is 4.74 Å². The number of hydrogen-bond acceptors (Lipinski definition) is 4. The van der Waals surface area contributed by atoms with Crippen LogP contribution in [-0.2, 0) is 16.0 Å². The van der Waals surface area contributed by atoms with Crippen LogP contribution in [0.4, 0.5) is 0 Å². The van der Waals surface area contributed by atoms with Gasteiger partial charge in [0.1, 0.15) is 6.10 Å². The van der Waals surface area contributed by atoms with E-state index in [9.17, 15) is 4.79 Å². The van der Waals surface area contributed by atoms with Crippen LogP contribution >= 0.6 is 0 Å². The first-order chi connectivity index (χ1) is 9.22. The van der Waals surface area contributed by atoms with Crippen molar-refractivity contribution in [2.24, 2.45) is 0 Å². The summed E-state index contributed by atoms with van der Waals surface area (Å²) in [4.78, 5) is 13.1. The van der Waals surface area contributed by atoms with Gasteiger partial charge in [-0.15, -0.1) is 0 Å². The number of hydrogen-bond donors (Lipinski definition) is 1. The van der Waals surface area contributed by atoms with Crippen LogP contribution in [0, 0.1) is 0 Å². The molecule has 1 aliphatic carbocycles. The molecule has 19 heavy (non-hydrogen) atoms. The summed E-state index contributed by atoms with van der Waals surface area (Å²) in [5, 5.41) is 3.60. The Kier molecular flexibility index (Phi) is 3.53. The van der Waals surface area contributed by atoms with Crippen LogP contribution in [0.5, 0.6) is 0 Å². The van der Waals surface area contributed by atoms with E-state index < -0.39 is 0 Å². The Morgan fingerprint density at radius 3 is 3.00 bits per heavy atom. The van der Waals surface area contributed by atoms with Crippen molar-refractivity contribution in [2.75, 3.05) is 19.8 Å². The Labute approximate surface area is 113 Å². The Morgan fingerprint density at radius 1 is 1.42 bits per heavy atom. The van der Waals surface area contributed by atoms with E-state index in [4.69, 9.17) is 4.74 Å². The zero-order valence-corrected chi connectivity index (χ0v) is 11.3. The van der Waals surface area contributed by atoms with E-state index in [1.165, 1.54) is 30.9 Å². The van der Waals surface area contributed by atoms with E-state index in [2.05, 4.69) is 34.5 Å². The molecular formula is C15H20N2O2. The Hall–Kier alpha value is -1.39. The molecule has 0 radical (unpaired) electrons. The van der Waals surface area contributed by atoms with Crippen LogP contribution < -0.4 is 5.32 Å². The Balaban J connectivity index is 1.44. The van der Waals surface area contributed by atoms with Gasteiger partial charge in [0.15, 0.2) is 0 Å². The van der Waals surface area contributed by atoms with E-state index in [1.807, 2.05) is 0 Å². The van der Waals surface area contributed by atoms with Crippen molar-refractivity contribution in [2.45, 2.75) is 31.9 Å². The summed E-state index contributed by atoms with van der Waals surface area (Å²) in [5.74, 6) is -0.178. The van der Waals surface area contributed by atoms with Gasteiger partial charge in [0.2, 0.25) is 0 Å². The number of esters is 1. The maximum Gasteiger partial charge on any atom is 0.302 e. The zero-order valence-electron chi connectivity index (χ0n) is 11.3. The van der Waals surface area contributed by atoms with Gasteiger partial charge in [0, 0.05) is 32.7 Å². The normalized spacial score (nSPS) is 22.9. The second-order valence-corrected chi connectivity index (χ2v) is 5.42. The quantitative estimate of drug-likeness (QED) is 0.832. The van der Waals surface area contributed by atoms with Crippen LogP contribution in [0.1, 0.15) is 30.5 Å².